The number of carbonyl (C=O) groups is 2. The molecule has 1 aliphatic carbocycles. The molecule has 2 aromatic carbocycles. The summed E-state index contributed by atoms with van der Waals surface area (Å²) in [6.07, 6.45) is 0. The van der Waals surface area contributed by atoms with Gasteiger partial charge in [0.25, 0.3) is 8.32 Å². The van der Waals surface area contributed by atoms with E-state index < -0.39 is 14.1 Å². The number of hydrogen-bond acceptors (Lipinski definition) is 5. The van der Waals surface area contributed by atoms with Crippen LogP contribution in [0.15, 0.2) is 24.3 Å². The van der Waals surface area contributed by atoms with Gasteiger partial charge in [-0.25, -0.2) is 0 Å². The van der Waals surface area contributed by atoms with Gasteiger partial charge in [-0.1, -0.05) is 32.9 Å². The number of carbonyl (C=O) groups excluding carboxylic acids is 2. The molecule has 148 valence electrons. The molecule has 0 spiro atoms. The van der Waals surface area contributed by atoms with E-state index in [0.717, 1.165) is 5.56 Å². The van der Waals surface area contributed by atoms with Gasteiger partial charge in [-0.15, -0.1) is 0 Å². The Morgan fingerprint density at radius 3 is 2.18 bits per heavy atom. The highest BCUT2D eigenvalue weighted by Crippen LogP contribution is 2.46. The fraction of sp³-hybridized carbons (Fsp3) is 0.364. The number of methoxy groups -OCH3 is 1. The summed E-state index contributed by atoms with van der Waals surface area (Å²) in [7, 11) is -0.753. The fourth-order valence-corrected chi connectivity index (χ4v) is 4.21. The summed E-state index contributed by atoms with van der Waals surface area (Å²) in [5, 5.41) is 10.2. The second-order valence-corrected chi connectivity index (χ2v) is 13.4. The lowest BCUT2D eigenvalue weighted by Gasteiger charge is -2.37. The molecule has 0 aromatic heterocycles. The van der Waals surface area contributed by atoms with Crippen molar-refractivity contribution in [1.82, 2.24) is 0 Å². The molecule has 0 unspecified atom stereocenters. The number of hydrogen-bond donors (Lipinski definition) is 1. The maximum atomic E-state index is 13.2. The van der Waals surface area contributed by atoms with Gasteiger partial charge in [0.1, 0.15) is 11.5 Å². The number of aryl methyl sites for hydroxylation is 1. The van der Waals surface area contributed by atoms with Crippen LogP contribution in [0.5, 0.6) is 17.2 Å². The molecule has 1 N–H and O–H groups in total. The smallest absolute Gasteiger partial charge is 0.250 e. The predicted molar refractivity (Wildman–Crippen MR) is 111 cm³/mol. The van der Waals surface area contributed by atoms with Crippen LogP contribution in [0.4, 0.5) is 0 Å². The molecule has 0 atom stereocenters. The average molecular weight is 399 g/mol. The van der Waals surface area contributed by atoms with Crippen LogP contribution in [0, 0.1) is 6.92 Å². The molecule has 5 nitrogen and oxygen atoms in total. The highest BCUT2D eigenvalue weighted by molar-refractivity contribution is 6.74. The SMILES string of the molecule is COc1c(O[Si](C)(C)C(C)(C)C)c(C)cc2c1C(=O)c1c(O)cccc1C2=O. The number of phenols is 1. The van der Waals surface area contributed by atoms with Gasteiger partial charge in [0, 0.05) is 11.1 Å². The molecule has 0 radical (unpaired) electrons. The van der Waals surface area contributed by atoms with Gasteiger partial charge in [0.2, 0.25) is 5.78 Å². The van der Waals surface area contributed by atoms with Crippen molar-refractivity contribution >= 4 is 19.9 Å². The van der Waals surface area contributed by atoms with Crippen molar-refractivity contribution in [2.45, 2.75) is 45.8 Å². The van der Waals surface area contributed by atoms with E-state index >= 15 is 0 Å². The Morgan fingerprint density at radius 2 is 1.61 bits per heavy atom. The Kier molecular flexibility index (Phi) is 4.66. The Labute approximate surface area is 166 Å². The molecule has 1 aliphatic rings. The predicted octanol–water partition coefficient (Wildman–Crippen LogP) is 4.87. The quantitative estimate of drug-likeness (QED) is 0.637. The van der Waals surface area contributed by atoms with Crippen molar-refractivity contribution in [3.8, 4) is 17.2 Å². The lowest BCUT2D eigenvalue weighted by Crippen LogP contribution is -2.44. The van der Waals surface area contributed by atoms with Crippen LogP contribution in [-0.2, 0) is 0 Å². The van der Waals surface area contributed by atoms with Gasteiger partial charge in [0.15, 0.2) is 11.5 Å². The maximum absolute atomic E-state index is 13.2. The van der Waals surface area contributed by atoms with Crippen LogP contribution in [0.3, 0.4) is 0 Å². The Hall–Kier alpha value is -2.60. The molecule has 0 saturated carbocycles. The van der Waals surface area contributed by atoms with Crippen molar-refractivity contribution in [2.24, 2.45) is 0 Å². The van der Waals surface area contributed by atoms with E-state index in [4.69, 9.17) is 9.16 Å². The molecule has 0 saturated heterocycles. The second kappa shape index (κ2) is 6.48. The summed E-state index contributed by atoms with van der Waals surface area (Å²) in [5.41, 5.74) is 1.39. The zero-order valence-corrected chi connectivity index (χ0v) is 18.4. The monoisotopic (exact) mass is 398 g/mol. The van der Waals surface area contributed by atoms with Crippen LogP contribution in [0.2, 0.25) is 18.1 Å². The first-order valence-corrected chi connectivity index (χ1v) is 12.1. The van der Waals surface area contributed by atoms with Gasteiger partial charge >= 0.3 is 0 Å². The minimum absolute atomic E-state index is 0.0143. The highest BCUT2D eigenvalue weighted by atomic mass is 28.4. The molecule has 2 aromatic rings. The van der Waals surface area contributed by atoms with E-state index in [1.807, 2.05) is 6.92 Å². The van der Waals surface area contributed by atoms with E-state index in [9.17, 15) is 14.7 Å². The summed E-state index contributed by atoms with van der Waals surface area (Å²) in [5.74, 6) is -0.198. The van der Waals surface area contributed by atoms with E-state index in [1.165, 1.54) is 13.2 Å². The maximum Gasteiger partial charge on any atom is 0.250 e. The van der Waals surface area contributed by atoms with Crippen LogP contribution < -0.4 is 9.16 Å². The van der Waals surface area contributed by atoms with Crippen molar-refractivity contribution < 1.29 is 23.9 Å². The van der Waals surface area contributed by atoms with Crippen molar-refractivity contribution in [3.63, 3.8) is 0 Å². The lowest BCUT2D eigenvalue weighted by atomic mass is 9.82. The van der Waals surface area contributed by atoms with Crippen LogP contribution >= 0.6 is 0 Å². The molecule has 0 fully saturated rings. The zero-order valence-electron chi connectivity index (χ0n) is 17.4. The molecule has 0 amide bonds. The van der Waals surface area contributed by atoms with Gasteiger partial charge < -0.3 is 14.3 Å². The fourth-order valence-electron chi connectivity index (χ4n) is 3.14. The van der Waals surface area contributed by atoms with E-state index in [-0.39, 0.29) is 44.6 Å². The van der Waals surface area contributed by atoms with Crippen molar-refractivity contribution in [2.75, 3.05) is 7.11 Å². The summed E-state index contributed by atoms with van der Waals surface area (Å²) < 4.78 is 12.1. The van der Waals surface area contributed by atoms with Crippen LogP contribution in [-0.4, -0.2) is 32.1 Å². The van der Waals surface area contributed by atoms with Crippen LogP contribution in [0.1, 0.15) is 58.2 Å². The number of benzene rings is 2. The standard InChI is InChI=1S/C22H26O5Si/c1-12-11-14-17(19(25)16-13(18(14)24)9-8-10-15(16)23)21(26-5)20(12)27-28(6,7)22(2,3)4/h8-11,23H,1-7H3. The first kappa shape index (κ1) is 20.1. The third kappa shape index (κ3) is 2.92. The third-order valence-electron chi connectivity index (χ3n) is 5.77. The minimum Gasteiger partial charge on any atom is -0.541 e. The van der Waals surface area contributed by atoms with Crippen molar-refractivity contribution in [1.29, 1.82) is 0 Å². The molecule has 0 aliphatic heterocycles. The molecule has 0 heterocycles. The lowest BCUT2D eigenvalue weighted by molar-refractivity contribution is 0.0973. The summed E-state index contributed by atoms with van der Waals surface area (Å²) in [4.78, 5) is 26.3. The number of fused-ring (bicyclic) bond motifs is 2. The molecule has 0 bridgehead atoms. The summed E-state index contributed by atoms with van der Waals surface area (Å²) in [6, 6.07) is 6.21. The van der Waals surface area contributed by atoms with Gasteiger partial charge in [-0.3, -0.25) is 9.59 Å². The molecule has 6 heteroatoms. The molecular formula is C22H26O5Si. The second-order valence-electron chi connectivity index (χ2n) is 8.70. The van der Waals surface area contributed by atoms with Gasteiger partial charge in [-0.05, 0) is 42.8 Å². The Balaban J connectivity index is 2.27. The molecular weight excluding hydrogens is 372 g/mol. The van der Waals surface area contributed by atoms with Crippen molar-refractivity contribution in [3.05, 3.63) is 52.1 Å². The number of phenolic OH excluding ortho intramolecular Hbond substituents is 1. The largest absolute Gasteiger partial charge is 0.541 e. The zero-order chi connectivity index (χ0) is 21.0. The minimum atomic E-state index is -2.22. The first-order valence-electron chi connectivity index (χ1n) is 9.22. The van der Waals surface area contributed by atoms with E-state index in [2.05, 4.69) is 33.9 Å². The number of aromatic hydroxyl groups is 1. The molecule has 28 heavy (non-hydrogen) atoms. The van der Waals surface area contributed by atoms with Crippen LogP contribution in [0.25, 0.3) is 0 Å². The van der Waals surface area contributed by atoms with E-state index in [1.54, 1.807) is 18.2 Å². The normalized spacial score (nSPS) is 13.8. The molecule has 3 rings (SSSR count). The van der Waals surface area contributed by atoms with Gasteiger partial charge in [0.05, 0.1) is 18.2 Å². The van der Waals surface area contributed by atoms with Gasteiger partial charge in [-0.2, -0.15) is 0 Å². The third-order valence-corrected chi connectivity index (χ3v) is 10.1. The number of rotatable bonds is 3. The number of ether oxygens (including phenoxy) is 1. The Bertz CT molecular complexity index is 999. The topological polar surface area (TPSA) is 72.8 Å². The number of ketones is 2. The average Bonchev–Trinajstić information content (AvgIpc) is 2.59. The first-order chi connectivity index (χ1) is 12.9. The van der Waals surface area contributed by atoms with E-state index in [0.29, 0.717) is 5.75 Å². The summed E-state index contributed by atoms with van der Waals surface area (Å²) in [6.45, 7) is 12.5. The Morgan fingerprint density at radius 1 is 0.964 bits per heavy atom. The summed E-state index contributed by atoms with van der Waals surface area (Å²) >= 11 is 0. The highest BCUT2D eigenvalue weighted by Gasteiger charge is 2.42.